The van der Waals surface area contributed by atoms with Gasteiger partial charge in [-0.25, -0.2) is 0 Å². The lowest BCUT2D eigenvalue weighted by molar-refractivity contribution is -0.159. The third-order valence-corrected chi connectivity index (χ3v) is 10.4. The summed E-state index contributed by atoms with van der Waals surface area (Å²) in [5, 5.41) is 0. The standard InChI is InChI=1S/C29H54O6Si2/c1-19-14-13-15-29(6)18-22(29)16-23(21(3)30)33-25(31)17-24(34-36(7,8)9)28(4,5)27(32)20(2)26(19)35-37(10,11)12/h19-20,22-24,26H,13-18H2,1-12H3/t19-,20+,22+,23-,24-,26-,29-/m0/s1. The number of esters is 1. The average Bonchev–Trinajstić information content (AvgIpc) is 3.36. The number of ketones is 2. The molecule has 0 aromatic rings. The van der Waals surface area contributed by atoms with E-state index >= 15 is 0 Å². The summed E-state index contributed by atoms with van der Waals surface area (Å²) in [6.07, 6.45) is 3.17. The third kappa shape index (κ3) is 9.11. The van der Waals surface area contributed by atoms with Gasteiger partial charge >= 0.3 is 5.97 Å². The van der Waals surface area contributed by atoms with Crippen molar-refractivity contribution in [3.8, 4) is 0 Å². The van der Waals surface area contributed by atoms with Gasteiger partial charge in [-0.3, -0.25) is 14.4 Å². The quantitative estimate of drug-likeness (QED) is 0.275. The Morgan fingerprint density at radius 3 is 2.05 bits per heavy atom. The molecule has 0 aromatic carbocycles. The maximum Gasteiger partial charge on any atom is 0.309 e. The van der Waals surface area contributed by atoms with Gasteiger partial charge in [-0.15, -0.1) is 0 Å². The molecular weight excluding hydrogens is 500 g/mol. The highest BCUT2D eigenvalue weighted by atomic mass is 28.4. The van der Waals surface area contributed by atoms with Gasteiger partial charge in [0.15, 0.2) is 28.5 Å². The van der Waals surface area contributed by atoms with E-state index in [0.717, 1.165) is 25.7 Å². The lowest BCUT2D eigenvalue weighted by Crippen LogP contribution is -2.51. The minimum absolute atomic E-state index is 0.0451. The number of fused-ring (bicyclic) bond motifs is 1. The molecule has 1 saturated carbocycles. The van der Waals surface area contributed by atoms with Crippen LogP contribution >= 0.6 is 0 Å². The van der Waals surface area contributed by atoms with Crippen LogP contribution in [0.25, 0.3) is 0 Å². The molecule has 0 amide bonds. The van der Waals surface area contributed by atoms with Crippen molar-refractivity contribution >= 4 is 34.2 Å². The molecule has 0 bridgehead atoms. The topological polar surface area (TPSA) is 78.9 Å². The Morgan fingerprint density at radius 2 is 1.54 bits per heavy atom. The molecule has 2 rings (SSSR count). The predicted octanol–water partition coefficient (Wildman–Crippen LogP) is 6.79. The van der Waals surface area contributed by atoms with Gasteiger partial charge in [0.2, 0.25) is 0 Å². The minimum atomic E-state index is -2.11. The highest BCUT2D eigenvalue weighted by molar-refractivity contribution is 6.70. The fourth-order valence-corrected chi connectivity index (χ4v) is 8.45. The second kappa shape index (κ2) is 11.7. The summed E-state index contributed by atoms with van der Waals surface area (Å²) < 4.78 is 19.0. The first-order valence-electron chi connectivity index (χ1n) is 14.3. The molecule has 2 fully saturated rings. The van der Waals surface area contributed by atoms with Crippen LogP contribution in [0.1, 0.15) is 80.1 Å². The second-order valence-corrected chi connectivity index (χ2v) is 23.7. The largest absolute Gasteiger partial charge is 0.454 e. The average molecular weight is 555 g/mol. The molecule has 214 valence electrons. The van der Waals surface area contributed by atoms with Gasteiger partial charge in [-0.2, -0.15) is 0 Å². The van der Waals surface area contributed by atoms with Crippen molar-refractivity contribution in [1.82, 2.24) is 0 Å². The van der Waals surface area contributed by atoms with Crippen molar-refractivity contribution in [3.05, 3.63) is 0 Å². The lowest BCUT2D eigenvalue weighted by atomic mass is 9.73. The van der Waals surface area contributed by atoms with Crippen molar-refractivity contribution in [1.29, 1.82) is 0 Å². The van der Waals surface area contributed by atoms with Gasteiger partial charge in [0.1, 0.15) is 5.78 Å². The molecule has 0 aromatic heterocycles. The first kappa shape index (κ1) is 32.4. The number of carbonyl (C=O) groups excluding carboxylic acids is 3. The monoisotopic (exact) mass is 554 g/mol. The summed E-state index contributed by atoms with van der Waals surface area (Å²) in [6, 6.07) is 0. The molecule has 1 heterocycles. The molecule has 0 spiro atoms. The van der Waals surface area contributed by atoms with Crippen LogP contribution < -0.4 is 0 Å². The zero-order valence-corrected chi connectivity index (χ0v) is 27.7. The number of rotatable bonds is 5. The summed E-state index contributed by atoms with van der Waals surface area (Å²) in [5.41, 5.74) is -0.740. The van der Waals surface area contributed by atoms with Crippen molar-refractivity contribution in [2.45, 2.75) is 138 Å². The maximum absolute atomic E-state index is 14.2. The summed E-state index contributed by atoms with van der Waals surface area (Å²) in [6.45, 7) is 24.5. The molecule has 1 aliphatic carbocycles. The van der Waals surface area contributed by atoms with Gasteiger partial charge in [0.05, 0.1) is 18.6 Å². The van der Waals surface area contributed by atoms with E-state index in [2.05, 4.69) is 53.1 Å². The van der Waals surface area contributed by atoms with Gasteiger partial charge in [0, 0.05) is 11.3 Å². The molecule has 1 aliphatic heterocycles. The Morgan fingerprint density at radius 1 is 0.973 bits per heavy atom. The summed E-state index contributed by atoms with van der Waals surface area (Å²) in [7, 11) is -4.03. The lowest BCUT2D eigenvalue weighted by Gasteiger charge is -2.41. The molecule has 8 heteroatoms. The molecular formula is C29H54O6Si2. The highest BCUT2D eigenvalue weighted by Crippen LogP contribution is 2.58. The van der Waals surface area contributed by atoms with Crippen molar-refractivity contribution in [3.63, 3.8) is 0 Å². The van der Waals surface area contributed by atoms with Crippen LogP contribution in [0.3, 0.4) is 0 Å². The van der Waals surface area contributed by atoms with E-state index in [0.29, 0.717) is 12.3 Å². The van der Waals surface area contributed by atoms with Crippen molar-refractivity contribution in [2.75, 3.05) is 0 Å². The molecule has 2 aliphatic rings. The number of carbonyl (C=O) groups is 3. The number of cyclic esters (lactones) is 1. The van der Waals surface area contributed by atoms with Gasteiger partial charge < -0.3 is 13.6 Å². The SMILES string of the molecule is CC(=O)[C@@H]1C[C@@H]2C[C@]2(C)CCC[C@H](C)[C@H](O[Si](C)(C)C)[C@@H](C)C(=O)C(C)(C)[C@@H](O[Si](C)(C)C)CC(=O)O1. The maximum atomic E-state index is 14.2. The predicted molar refractivity (Wildman–Crippen MR) is 153 cm³/mol. The van der Waals surface area contributed by atoms with Crippen LogP contribution in [-0.2, 0) is 28.0 Å². The Bertz CT molecular complexity index is 842. The van der Waals surface area contributed by atoms with Crippen LogP contribution in [0, 0.1) is 28.6 Å². The smallest absolute Gasteiger partial charge is 0.309 e. The molecule has 0 N–H and O–H groups in total. The molecule has 7 atom stereocenters. The summed E-state index contributed by atoms with van der Waals surface area (Å²) >= 11 is 0. The van der Waals surface area contributed by atoms with Crippen LogP contribution in [-0.4, -0.2) is 52.5 Å². The van der Waals surface area contributed by atoms with Crippen LogP contribution in [0.4, 0.5) is 0 Å². The molecule has 6 nitrogen and oxygen atoms in total. The number of ether oxygens (including phenoxy) is 1. The zero-order chi connectivity index (χ0) is 28.6. The van der Waals surface area contributed by atoms with Gasteiger partial charge in [0.25, 0.3) is 0 Å². The van der Waals surface area contributed by atoms with E-state index < -0.39 is 40.2 Å². The molecule has 0 unspecified atom stereocenters. The van der Waals surface area contributed by atoms with E-state index in [1.165, 1.54) is 6.92 Å². The number of hydrogen-bond donors (Lipinski definition) is 0. The van der Waals surface area contributed by atoms with Gasteiger partial charge in [-0.05, 0) is 89.1 Å². The van der Waals surface area contributed by atoms with Crippen molar-refractivity contribution < 1.29 is 28.0 Å². The van der Waals surface area contributed by atoms with Crippen LogP contribution in [0.15, 0.2) is 0 Å². The Hall–Kier alpha value is -0.836. The van der Waals surface area contributed by atoms with Crippen LogP contribution in [0.2, 0.25) is 39.3 Å². The normalized spacial score (nSPS) is 36.4. The summed E-state index contributed by atoms with van der Waals surface area (Å²) in [4.78, 5) is 39.8. The molecule has 0 radical (unpaired) electrons. The van der Waals surface area contributed by atoms with E-state index in [1.54, 1.807) is 0 Å². The number of Topliss-reactive ketones (excluding diaryl/α,β-unsaturated/α-hetero) is 2. The Kier molecular flexibility index (Phi) is 10.3. The van der Waals surface area contributed by atoms with E-state index in [-0.39, 0.29) is 41.3 Å². The fourth-order valence-electron chi connectivity index (χ4n) is 5.97. The molecule has 1 saturated heterocycles. The highest BCUT2D eigenvalue weighted by Gasteiger charge is 2.51. The number of hydrogen-bond acceptors (Lipinski definition) is 6. The zero-order valence-electron chi connectivity index (χ0n) is 25.7. The summed E-state index contributed by atoms with van der Waals surface area (Å²) in [5.74, 6) is -0.227. The van der Waals surface area contributed by atoms with Crippen molar-refractivity contribution in [2.24, 2.45) is 28.6 Å². The van der Waals surface area contributed by atoms with E-state index in [9.17, 15) is 14.4 Å². The third-order valence-electron chi connectivity index (χ3n) is 8.42. The van der Waals surface area contributed by atoms with Crippen LogP contribution in [0.5, 0.6) is 0 Å². The first-order chi connectivity index (χ1) is 16.7. The van der Waals surface area contributed by atoms with E-state index in [4.69, 9.17) is 13.6 Å². The van der Waals surface area contributed by atoms with Gasteiger partial charge in [-0.1, -0.05) is 41.0 Å². The fraction of sp³-hybridized carbons (Fsp3) is 0.897. The first-order valence-corrected chi connectivity index (χ1v) is 21.1. The second-order valence-electron chi connectivity index (χ2n) is 14.7. The van der Waals surface area contributed by atoms with E-state index in [1.807, 2.05) is 20.8 Å². The Labute approximate surface area is 228 Å². The molecule has 37 heavy (non-hydrogen) atoms. The minimum Gasteiger partial charge on any atom is -0.454 e. The Balaban J connectivity index is 2.47.